The molecule has 0 heterocycles. The van der Waals surface area contributed by atoms with Crippen LogP contribution in [0.25, 0.3) is 0 Å². The van der Waals surface area contributed by atoms with Gasteiger partial charge in [0.1, 0.15) is 0 Å². The van der Waals surface area contributed by atoms with Crippen molar-refractivity contribution in [1.29, 1.82) is 0 Å². The fourth-order valence-corrected chi connectivity index (χ4v) is 1.17. The third kappa shape index (κ3) is 5.57. The summed E-state index contributed by atoms with van der Waals surface area (Å²) in [6, 6.07) is -0.165. The van der Waals surface area contributed by atoms with Gasteiger partial charge in [-0.3, -0.25) is 4.79 Å². The Morgan fingerprint density at radius 1 is 1.71 bits per heavy atom. The van der Waals surface area contributed by atoms with Crippen molar-refractivity contribution in [3.63, 3.8) is 0 Å². The Labute approximate surface area is 85.5 Å². The first-order valence-electron chi connectivity index (χ1n) is 4.91. The molecule has 0 aromatic rings. The summed E-state index contributed by atoms with van der Waals surface area (Å²) in [7, 11) is 0. The zero-order chi connectivity index (χ0) is 11.0. The van der Waals surface area contributed by atoms with Gasteiger partial charge in [-0.15, -0.1) is 5.73 Å². The molecule has 0 rings (SSSR count). The van der Waals surface area contributed by atoms with Crippen molar-refractivity contribution in [1.82, 2.24) is 5.32 Å². The zero-order valence-electron chi connectivity index (χ0n) is 8.92. The maximum atomic E-state index is 11.1. The van der Waals surface area contributed by atoms with E-state index >= 15 is 0 Å². The van der Waals surface area contributed by atoms with Gasteiger partial charge < -0.3 is 10.4 Å². The Kier molecular flexibility index (Phi) is 6.81. The molecule has 0 saturated heterocycles. The molecule has 80 valence electrons. The van der Waals surface area contributed by atoms with Crippen LogP contribution >= 0.6 is 0 Å². The Morgan fingerprint density at radius 2 is 2.36 bits per heavy atom. The van der Waals surface area contributed by atoms with Crippen LogP contribution in [0.2, 0.25) is 0 Å². The van der Waals surface area contributed by atoms with E-state index in [4.69, 9.17) is 5.11 Å². The first-order chi connectivity index (χ1) is 6.63. The molecule has 2 atom stereocenters. The van der Waals surface area contributed by atoms with E-state index in [0.717, 1.165) is 12.8 Å². The van der Waals surface area contributed by atoms with E-state index in [2.05, 4.69) is 31.5 Å². The number of aliphatic hydroxyl groups is 1. The van der Waals surface area contributed by atoms with E-state index in [0.29, 0.717) is 5.92 Å². The molecule has 0 radical (unpaired) electrons. The van der Waals surface area contributed by atoms with E-state index in [1.54, 1.807) is 0 Å². The third-order valence-electron chi connectivity index (χ3n) is 2.18. The molecule has 0 fully saturated rings. The first-order valence-corrected chi connectivity index (χ1v) is 4.91. The SMILES string of the molecule is C=C=CC(=O)NC(CO)CC(C)CC. The summed E-state index contributed by atoms with van der Waals surface area (Å²) in [5, 5.41) is 11.7. The predicted octanol–water partition coefficient (Wildman–Crippen LogP) is 1.24. The molecule has 0 aromatic carbocycles. The van der Waals surface area contributed by atoms with Gasteiger partial charge in [-0.25, -0.2) is 0 Å². The van der Waals surface area contributed by atoms with Crippen molar-refractivity contribution in [3.8, 4) is 0 Å². The minimum atomic E-state index is -0.248. The Balaban J connectivity index is 4.02. The van der Waals surface area contributed by atoms with Crippen LogP contribution in [0.1, 0.15) is 26.7 Å². The van der Waals surface area contributed by atoms with Crippen LogP contribution < -0.4 is 5.32 Å². The molecule has 2 N–H and O–H groups in total. The summed E-state index contributed by atoms with van der Waals surface area (Å²) < 4.78 is 0. The molecule has 0 aliphatic carbocycles. The van der Waals surface area contributed by atoms with E-state index in [-0.39, 0.29) is 18.6 Å². The lowest BCUT2D eigenvalue weighted by Crippen LogP contribution is -2.37. The van der Waals surface area contributed by atoms with Gasteiger partial charge >= 0.3 is 0 Å². The standard InChI is InChI=1S/C11H19NO2/c1-4-6-11(14)12-10(8-13)7-9(3)5-2/h6,9-10,13H,1,5,7-8H2,2-3H3,(H,12,14). The molecular formula is C11H19NO2. The van der Waals surface area contributed by atoms with Gasteiger partial charge in [-0.2, -0.15) is 0 Å². The first kappa shape index (κ1) is 12.9. The number of carbonyl (C=O) groups excluding carboxylic acids is 1. The lowest BCUT2D eigenvalue weighted by Gasteiger charge is -2.18. The number of aliphatic hydroxyl groups excluding tert-OH is 1. The number of amides is 1. The second-order valence-electron chi connectivity index (χ2n) is 3.49. The maximum Gasteiger partial charge on any atom is 0.252 e. The predicted molar refractivity (Wildman–Crippen MR) is 56.8 cm³/mol. The van der Waals surface area contributed by atoms with E-state index in [1.165, 1.54) is 6.08 Å². The highest BCUT2D eigenvalue weighted by molar-refractivity contribution is 5.87. The second kappa shape index (κ2) is 7.36. The van der Waals surface area contributed by atoms with Gasteiger partial charge in [0.2, 0.25) is 0 Å². The van der Waals surface area contributed by atoms with Gasteiger partial charge in [0.25, 0.3) is 5.91 Å². The van der Waals surface area contributed by atoms with E-state index < -0.39 is 0 Å². The molecule has 3 heteroatoms. The highest BCUT2D eigenvalue weighted by Crippen LogP contribution is 2.09. The van der Waals surface area contributed by atoms with Crippen LogP contribution in [0.15, 0.2) is 18.4 Å². The van der Waals surface area contributed by atoms with E-state index in [1.807, 2.05) is 0 Å². The monoisotopic (exact) mass is 197 g/mol. The van der Waals surface area contributed by atoms with Crippen molar-refractivity contribution < 1.29 is 9.90 Å². The van der Waals surface area contributed by atoms with Crippen LogP contribution in [-0.2, 0) is 4.79 Å². The number of carbonyl (C=O) groups is 1. The Morgan fingerprint density at radius 3 is 2.79 bits per heavy atom. The van der Waals surface area contributed by atoms with Crippen molar-refractivity contribution in [3.05, 3.63) is 18.4 Å². The van der Waals surface area contributed by atoms with E-state index in [9.17, 15) is 4.79 Å². The fourth-order valence-electron chi connectivity index (χ4n) is 1.17. The van der Waals surface area contributed by atoms with Gasteiger partial charge in [-0.1, -0.05) is 26.8 Å². The molecule has 1 amide bonds. The van der Waals surface area contributed by atoms with Crippen LogP contribution in [0.4, 0.5) is 0 Å². The second-order valence-corrected chi connectivity index (χ2v) is 3.49. The molecule has 0 aliphatic rings. The number of rotatable bonds is 6. The van der Waals surface area contributed by atoms with Crippen LogP contribution in [-0.4, -0.2) is 23.7 Å². The Hall–Kier alpha value is -1.05. The summed E-state index contributed by atoms with van der Waals surface area (Å²) in [5.41, 5.74) is 2.40. The average molecular weight is 197 g/mol. The van der Waals surface area contributed by atoms with Crippen LogP contribution in [0, 0.1) is 5.92 Å². The fraction of sp³-hybridized carbons (Fsp3) is 0.636. The van der Waals surface area contributed by atoms with Crippen LogP contribution in [0.5, 0.6) is 0 Å². The summed E-state index contributed by atoms with van der Waals surface area (Å²) in [5.74, 6) is 0.252. The number of nitrogens with one attached hydrogen (secondary N) is 1. The van der Waals surface area contributed by atoms with Gasteiger partial charge in [-0.05, 0) is 12.3 Å². The van der Waals surface area contributed by atoms with Crippen LogP contribution in [0.3, 0.4) is 0 Å². The maximum absolute atomic E-state index is 11.1. The molecule has 0 aliphatic heterocycles. The molecule has 0 aromatic heterocycles. The van der Waals surface area contributed by atoms with Gasteiger partial charge in [0.15, 0.2) is 0 Å². The highest BCUT2D eigenvalue weighted by atomic mass is 16.3. The molecule has 3 nitrogen and oxygen atoms in total. The topological polar surface area (TPSA) is 49.3 Å². The van der Waals surface area contributed by atoms with Crippen molar-refractivity contribution in [2.45, 2.75) is 32.7 Å². The van der Waals surface area contributed by atoms with Crippen molar-refractivity contribution >= 4 is 5.91 Å². The third-order valence-corrected chi connectivity index (χ3v) is 2.18. The van der Waals surface area contributed by atoms with Gasteiger partial charge in [0.05, 0.1) is 12.6 Å². The Bertz CT molecular complexity index is 219. The zero-order valence-corrected chi connectivity index (χ0v) is 8.92. The normalized spacial score (nSPS) is 13.9. The molecular weight excluding hydrogens is 178 g/mol. The molecule has 14 heavy (non-hydrogen) atoms. The molecule has 0 saturated carbocycles. The van der Waals surface area contributed by atoms with Crippen molar-refractivity contribution in [2.24, 2.45) is 5.92 Å². The lowest BCUT2D eigenvalue weighted by molar-refractivity contribution is -0.117. The summed E-state index contributed by atoms with van der Waals surface area (Å²) >= 11 is 0. The smallest absolute Gasteiger partial charge is 0.252 e. The van der Waals surface area contributed by atoms with Crippen molar-refractivity contribution in [2.75, 3.05) is 6.61 Å². The highest BCUT2D eigenvalue weighted by Gasteiger charge is 2.12. The number of hydrogen-bond donors (Lipinski definition) is 2. The minimum absolute atomic E-state index is 0.0267. The van der Waals surface area contributed by atoms with Gasteiger partial charge in [0, 0.05) is 6.08 Å². The lowest BCUT2D eigenvalue weighted by atomic mass is 10.00. The average Bonchev–Trinajstić information content (AvgIpc) is 2.16. The number of hydrogen-bond acceptors (Lipinski definition) is 2. The summed E-state index contributed by atoms with van der Waals surface area (Å²) in [6.07, 6.45) is 3.08. The summed E-state index contributed by atoms with van der Waals surface area (Å²) in [6.45, 7) is 7.46. The minimum Gasteiger partial charge on any atom is -0.394 e. The molecule has 0 bridgehead atoms. The largest absolute Gasteiger partial charge is 0.394 e. The molecule has 2 unspecified atom stereocenters. The quantitative estimate of drug-likeness (QED) is 0.497. The molecule has 0 spiro atoms. The summed E-state index contributed by atoms with van der Waals surface area (Å²) in [4.78, 5) is 11.1.